The fourth-order valence-corrected chi connectivity index (χ4v) is 4.11. The predicted octanol–water partition coefficient (Wildman–Crippen LogP) is 4.88. The maximum absolute atomic E-state index is 6.58. The molecule has 0 spiro atoms. The van der Waals surface area contributed by atoms with E-state index in [9.17, 15) is 0 Å². The van der Waals surface area contributed by atoms with Crippen molar-refractivity contribution in [2.75, 3.05) is 6.54 Å². The predicted molar refractivity (Wildman–Crippen MR) is 84.3 cm³/mol. The van der Waals surface area contributed by atoms with E-state index in [1.54, 1.807) is 0 Å². The second-order valence-corrected chi connectivity index (χ2v) is 6.29. The van der Waals surface area contributed by atoms with Gasteiger partial charge in [-0.3, -0.25) is 0 Å². The van der Waals surface area contributed by atoms with Crippen LogP contribution >= 0.6 is 11.6 Å². The maximum Gasteiger partial charge on any atom is 0.0904 e. The lowest BCUT2D eigenvalue weighted by atomic mass is 9.86. The van der Waals surface area contributed by atoms with Crippen LogP contribution in [0.5, 0.6) is 0 Å². The van der Waals surface area contributed by atoms with E-state index < -0.39 is 0 Å². The van der Waals surface area contributed by atoms with Gasteiger partial charge >= 0.3 is 0 Å². The van der Waals surface area contributed by atoms with Crippen molar-refractivity contribution in [3.63, 3.8) is 0 Å². The molecule has 1 aromatic carbocycles. The Balaban J connectivity index is 1.75. The van der Waals surface area contributed by atoms with Crippen molar-refractivity contribution in [2.45, 2.75) is 25.3 Å². The summed E-state index contributed by atoms with van der Waals surface area (Å²) in [6.07, 6.45) is 12.7. The van der Waals surface area contributed by atoms with Gasteiger partial charge in [0.25, 0.3) is 0 Å². The average Bonchev–Trinajstić information content (AvgIpc) is 2.82. The molecule has 2 aliphatic carbocycles. The number of rotatable bonds is 1. The number of halogens is 1. The van der Waals surface area contributed by atoms with Crippen LogP contribution in [-0.4, -0.2) is 11.4 Å². The Hall–Kier alpha value is -1.47. The minimum atomic E-state index is 0.230. The number of piperidine rings is 1. The van der Waals surface area contributed by atoms with E-state index >= 15 is 0 Å². The first-order valence-corrected chi connectivity index (χ1v) is 7.82. The summed E-state index contributed by atoms with van der Waals surface area (Å²) in [6, 6.07) is 8.81. The molecular formula is C18H18ClN. The first-order valence-electron chi connectivity index (χ1n) is 7.44. The molecule has 1 heterocycles. The first kappa shape index (κ1) is 12.3. The van der Waals surface area contributed by atoms with E-state index in [0.29, 0.717) is 5.92 Å². The minimum Gasteiger partial charge on any atom is -0.363 e. The molecule has 2 heteroatoms. The van der Waals surface area contributed by atoms with Crippen LogP contribution in [0.1, 0.15) is 36.4 Å². The van der Waals surface area contributed by atoms with E-state index in [4.69, 9.17) is 11.6 Å². The summed E-state index contributed by atoms with van der Waals surface area (Å²) in [5, 5.41) is 0.960. The maximum atomic E-state index is 6.58. The molecule has 3 aliphatic rings. The summed E-state index contributed by atoms with van der Waals surface area (Å²) < 4.78 is 0. The third-order valence-corrected chi connectivity index (χ3v) is 5.00. The van der Waals surface area contributed by atoms with Gasteiger partial charge < -0.3 is 4.90 Å². The molecule has 0 bridgehead atoms. The van der Waals surface area contributed by atoms with Gasteiger partial charge in [0.05, 0.1) is 6.04 Å². The summed E-state index contributed by atoms with van der Waals surface area (Å²) in [7, 11) is 0. The summed E-state index contributed by atoms with van der Waals surface area (Å²) in [5.41, 5.74) is 4.11. The number of likely N-dealkylation sites (tertiary alicyclic amines) is 1. The molecular weight excluding hydrogens is 266 g/mol. The molecule has 0 radical (unpaired) electrons. The van der Waals surface area contributed by atoms with Gasteiger partial charge in [0, 0.05) is 23.2 Å². The van der Waals surface area contributed by atoms with Crippen LogP contribution in [0.2, 0.25) is 0 Å². The molecule has 20 heavy (non-hydrogen) atoms. The molecule has 0 aromatic heterocycles. The lowest BCUT2D eigenvalue weighted by molar-refractivity contribution is 0.207. The highest BCUT2D eigenvalue weighted by Gasteiger charge is 2.35. The van der Waals surface area contributed by atoms with E-state index in [1.807, 2.05) is 0 Å². The quantitative estimate of drug-likeness (QED) is 0.710. The number of fused-ring (bicyclic) bond motifs is 2. The molecule has 2 unspecified atom stereocenters. The van der Waals surface area contributed by atoms with Crippen LogP contribution in [0.4, 0.5) is 0 Å². The molecule has 4 rings (SSSR count). The Morgan fingerprint density at radius 2 is 2.10 bits per heavy atom. The average molecular weight is 284 g/mol. The zero-order valence-electron chi connectivity index (χ0n) is 11.4. The van der Waals surface area contributed by atoms with Crippen molar-refractivity contribution >= 4 is 17.7 Å². The molecule has 0 amide bonds. The lowest BCUT2D eigenvalue weighted by Crippen LogP contribution is -2.36. The van der Waals surface area contributed by atoms with Gasteiger partial charge in [-0.1, -0.05) is 48.0 Å². The third-order valence-electron chi connectivity index (χ3n) is 4.68. The molecule has 1 saturated heterocycles. The van der Waals surface area contributed by atoms with E-state index in [-0.39, 0.29) is 6.04 Å². The van der Waals surface area contributed by atoms with E-state index in [0.717, 1.165) is 11.6 Å². The molecule has 0 saturated carbocycles. The van der Waals surface area contributed by atoms with Crippen molar-refractivity contribution in [2.24, 2.45) is 5.92 Å². The second kappa shape index (κ2) is 4.82. The summed E-state index contributed by atoms with van der Waals surface area (Å²) in [6.45, 7) is 1.11. The number of hydrogen-bond acceptors (Lipinski definition) is 1. The van der Waals surface area contributed by atoms with E-state index in [2.05, 4.69) is 53.5 Å². The topological polar surface area (TPSA) is 3.24 Å². The standard InChI is InChI=1S/C18H18ClN/c19-16-12-14-7-1-3-9-15(14)18(16)20-11-5-8-13-6-2-4-10-17(13)20/h1-4,7,9-10,12-13,18H,5-6,8,11H2. The van der Waals surface area contributed by atoms with Crippen LogP contribution in [-0.2, 0) is 0 Å². The highest BCUT2D eigenvalue weighted by atomic mass is 35.5. The fourth-order valence-electron chi connectivity index (χ4n) is 3.76. The van der Waals surface area contributed by atoms with Gasteiger partial charge in [-0.15, -0.1) is 0 Å². The van der Waals surface area contributed by atoms with Gasteiger partial charge in [-0.25, -0.2) is 0 Å². The Labute approximate surface area is 125 Å². The largest absolute Gasteiger partial charge is 0.363 e. The Morgan fingerprint density at radius 3 is 3.05 bits per heavy atom. The Morgan fingerprint density at radius 1 is 1.20 bits per heavy atom. The van der Waals surface area contributed by atoms with Gasteiger partial charge in [0.1, 0.15) is 0 Å². The van der Waals surface area contributed by atoms with E-state index in [1.165, 1.54) is 36.1 Å². The monoisotopic (exact) mass is 283 g/mol. The second-order valence-electron chi connectivity index (χ2n) is 5.85. The van der Waals surface area contributed by atoms with Gasteiger partial charge in [-0.05, 0) is 42.5 Å². The fraction of sp³-hybridized carbons (Fsp3) is 0.333. The number of nitrogens with zero attached hydrogens (tertiary/aromatic N) is 1. The van der Waals surface area contributed by atoms with Crippen LogP contribution < -0.4 is 0 Å². The van der Waals surface area contributed by atoms with Crippen LogP contribution in [0.3, 0.4) is 0 Å². The molecule has 1 aromatic rings. The number of allylic oxidation sites excluding steroid dienone is 4. The summed E-state index contributed by atoms with van der Waals surface area (Å²) in [5.74, 6) is 0.686. The third kappa shape index (κ3) is 1.84. The molecule has 1 aliphatic heterocycles. The highest BCUT2D eigenvalue weighted by molar-refractivity contribution is 6.33. The zero-order valence-corrected chi connectivity index (χ0v) is 12.2. The van der Waals surface area contributed by atoms with Crippen LogP contribution in [0.15, 0.2) is 53.2 Å². The molecule has 1 nitrogen and oxygen atoms in total. The molecule has 2 atom stereocenters. The molecule has 102 valence electrons. The first-order chi connectivity index (χ1) is 9.84. The summed E-state index contributed by atoms with van der Waals surface area (Å²) in [4.78, 5) is 2.53. The SMILES string of the molecule is ClC1=Cc2ccccc2C1N1CCCC2CC=CC=C21. The van der Waals surface area contributed by atoms with Crippen molar-refractivity contribution in [1.82, 2.24) is 4.90 Å². The number of hydrogen-bond donors (Lipinski definition) is 0. The smallest absolute Gasteiger partial charge is 0.0904 e. The highest BCUT2D eigenvalue weighted by Crippen LogP contribution is 2.46. The van der Waals surface area contributed by atoms with Crippen molar-refractivity contribution in [3.05, 3.63) is 64.3 Å². The molecule has 0 N–H and O–H groups in total. The van der Waals surface area contributed by atoms with Crippen LogP contribution in [0.25, 0.3) is 6.08 Å². The minimum absolute atomic E-state index is 0.230. The normalized spacial score (nSPS) is 27.8. The number of benzene rings is 1. The zero-order chi connectivity index (χ0) is 13.5. The van der Waals surface area contributed by atoms with Crippen molar-refractivity contribution in [3.8, 4) is 0 Å². The van der Waals surface area contributed by atoms with Crippen molar-refractivity contribution < 1.29 is 0 Å². The van der Waals surface area contributed by atoms with Gasteiger partial charge in [0.2, 0.25) is 0 Å². The molecule has 1 fully saturated rings. The van der Waals surface area contributed by atoms with Crippen molar-refractivity contribution in [1.29, 1.82) is 0 Å². The Kier molecular flexibility index (Phi) is 2.96. The summed E-state index contributed by atoms with van der Waals surface area (Å²) >= 11 is 6.58. The lowest BCUT2D eigenvalue weighted by Gasteiger charge is -2.42. The van der Waals surface area contributed by atoms with Gasteiger partial charge in [-0.2, -0.15) is 0 Å². The van der Waals surface area contributed by atoms with Gasteiger partial charge in [0.15, 0.2) is 0 Å². The Bertz CT molecular complexity index is 626. The van der Waals surface area contributed by atoms with Crippen LogP contribution in [0, 0.1) is 5.92 Å².